The molecule has 3 rings (SSSR count). The van der Waals surface area contributed by atoms with Crippen molar-refractivity contribution in [2.24, 2.45) is 0 Å². The molecular formula is C28H33FN2O3. The second-order valence-corrected chi connectivity index (χ2v) is 8.77. The van der Waals surface area contributed by atoms with Crippen molar-refractivity contribution in [3.63, 3.8) is 0 Å². The fourth-order valence-electron chi connectivity index (χ4n) is 3.89. The van der Waals surface area contributed by atoms with Gasteiger partial charge in [-0.2, -0.15) is 0 Å². The summed E-state index contributed by atoms with van der Waals surface area (Å²) < 4.78 is 21.5. The monoisotopic (exact) mass is 464 g/mol. The molecule has 0 saturated carbocycles. The number of hydrogen-bond acceptors (Lipinski definition) is 4. The van der Waals surface area contributed by atoms with E-state index >= 15 is 0 Å². The smallest absolute Gasteiger partial charge is 0.170 e. The number of nitrogens with zero attached hydrogens (tertiary/aromatic N) is 2. The third-order valence-electron chi connectivity index (χ3n) is 5.92. The predicted octanol–water partition coefficient (Wildman–Crippen LogP) is 5.49. The van der Waals surface area contributed by atoms with Crippen molar-refractivity contribution < 1.29 is 18.7 Å². The van der Waals surface area contributed by atoms with Gasteiger partial charge >= 0.3 is 0 Å². The molecule has 1 aromatic heterocycles. The van der Waals surface area contributed by atoms with Gasteiger partial charge in [0.15, 0.2) is 5.78 Å². The molecule has 5 nitrogen and oxygen atoms in total. The maximum absolute atomic E-state index is 13.8. The molecule has 0 amide bonds. The summed E-state index contributed by atoms with van der Waals surface area (Å²) in [6, 6.07) is 14.2. The first-order valence-electron chi connectivity index (χ1n) is 11.9. The minimum atomic E-state index is -0.349. The molecule has 180 valence electrons. The summed E-state index contributed by atoms with van der Waals surface area (Å²) in [6.07, 6.45) is 3.58. The van der Waals surface area contributed by atoms with E-state index in [-0.39, 0.29) is 30.4 Å². The van der Waals surface area contributed by atoms with Crippen LogP contribution in [-0.4, -0.2) is 27.7 Å². The average Bonchev–Trinajstić information content (AvgIpc) is 3.23. The molecule has 0 aliphatic rings. The Bertz CT molecular complexity index is 1100. The summed E-state index contributed by atoms with van der Waals surface area (Å²) in [5.41, 5.74) is 2.61. The number of benzene rings is 2. The quantitative estimate of drug-likeness (QED) is 0.336. The first-order chi connectivity index (χ1) is 16.4. The molecule has 0 bridgehead atoms. The van der Waals surface area contributed by atoms with Gasteiger partial charge in [-0.3, -0.25) is 9.59 Å². The average molecular weight is 465 g/mol. The lowest BCUT2D eigenvalue weighted by Gasteiger charge is -2.10. The number of aryl methyl sites for hydroxylation is 2. The fourth-order valence-corrected chi connectivity index (χ4v) is 3.89. The minimum absolute atomic E-state index is 0.00995. The van der Waals surface area contributed by atoms with Crippen LogP contribution in [0.2, 0.25) is 0 Å². The van der Waals surface area contributed by atoms with E-state index in [0.29, 0.717) is 49.5 Å². The molecule has 3 aromatic rings. The van der Waals surface area contributed by atoms with Crippen LogP contribution in [-0.2, 0) is 35.4 Å². The number of ketones is 2. The zero-order valence-corrected chi connectivity index (χ0v) is 20.2. The van der Waals surface area contributed by atoms with Crippen LogP contribution in [0.25, 0.3) is 0 Å². The molecule has 6 heteroatoms. The number of carbonyl (C=O) groups is 2. The Kier molecular flexibility index (Phi) is 9.14. The molecule has 0 saturated heterocycles. The van der Waals surface area contributed by atoms with E-state index in [2.05, 4.69) is 23.4 Å². The molecule has 0 unspecified atom stereocenters. The maximum atomic E-state index is 13.8. The molecule has 0 aliphatic heterocycles. The lowest BCUT2D eigenvalue weighted by molar-refractivity contribution is -0.121. The molecule has 2 aromatic carbocycles. The van der Waals surface area contributed by atoms with Crippen molar-refractivity contribution >= 4 is 11.6 Å². The van der Waals surface area contributed by atoms with Crippen LogP contribution in [0.3, 0.4) is 0 Å². The lowest BCUT2D eigenvalue weighted by Crippen LogP contribution is -2.14. The van der Waals surface area contributed by atoms with Gasteiger partial charge in [-0.1, -0.05) is 44.2 Å². The van der Waals surface area contributed by atoms with E-state index in [9.17, 15) is 14.0 Å². The number of halogens is 1. The molecule has 0 aliphatic carbocycles. The Morgan fingerprint density at radius 1 is 1.00 bits per heavy atom. The highest BCUT2D eigenvalue weighted by atomic mass is 19.1. The number of carbonyl (C=O) groups excluding carboxylic acids is 2. The van der Waals surface area contributed by atoms with Crippen LogP contribution >= 0.6 is 0 Å². The molecule has 0 radical (unpaired) electrons. The largest absolute Gasteiger partial charge is 0.486 e. The van der Waals surface area contributed by atoms with E-state index in [0.717, 1.165) is 11.5 Å². The van der Waals surface area contributed by atoms with Crippen LogP contribution in [0.1, 0.15) is 62.2 Å². The Hall–Kier alpha value is -3.28. The summed E-state index contributed by atoms with van der Waals surface area (Å²) in [5, 5.41) is 0. The number of hydrogen-bond donors (Lipinski definition) is 0. The van der Waals surface area contributed by atoms with Gasteiger partial charge in [-0.15, -0.1) is 0 Å². The molecule has 34 heavy (non-hydrogen) atoms. The number of aromatic nitrogens is 2. The summed E-state index contributed by atoms with van der Waals surface area (Å²) in [7, 11) is 0. The van der Waals surface area contributed by atoms with Crippen LogP contribution in [0, 0.1) is 5.82 Å². The van der Waals surface area contributed by atoms with Gasteiger partial charge in [0.25, 0.3) is 0 Å². The van der Waals surface area contributed by atoms with E-state index < -0.39 is 0 Å². The summed E-state index contributed by atoms with van der Waals surface area (Å²) >= 11 is 0. The third kappa shape index (κ3) is 7.11. The summed E-state index contributed by atoms with van der Waals surface area (Å²) in [4.78, 5) is 29.2. The van der Waals surface area contributed by atoms with Crippen molar-refractivity contribution in [2.75, 3.05) is 6.61 Å². The normalized spacial score (nSPS) is 11.1. The number of Topliss-reactive ketones (excluding diaryl/α,β-unsaturated/α-hetero) is 2. The van der Waals surface area contributed by atoms with Crippen molar-refractivity contribution in [1.82, 2.24) is 9.55 Å². The molecule has 0 spiro atoms. The van der Waals surface area contributed by atoms with Gasteiger partial charge < -0.3 is 9.30 Å². The zero-order valence-electron chi connectivity index (χ0n) is 20.2. The third-order valence-corrected chi connectivity index (χ3v) is 5.92. The predicted molar refractivity (Wildman–Crippen MR) is 131 cm³/mol. The fraction of sp³-hybridized carbons (Fsp3) is 0.393. The standard InChI is InChI=1S/C28H33FN2O3/c1-4-31-23(11-12-24(32)17-22-7-5-6-8-27(22)29)18-30-28(31)16-13-25(33)19-34-26-14-9-21(10-15-26)20(2)3/h5-10,14-15,18,20H,4,11-13,16-17,19H2,1-3H3. The number of imidazole rings is 1. The van der Waals surface area contributed by atoms with E-state index in [4.69, 9.17) is 4.74 Å². The maximum Gasteiger partial charge on any atom is 0.170 e. The SMILES string of the molecule is CCn1c(CCC(=O)Cc2ccccc2F)cnc1CCC(=O)COc1ccc(C(C)C)cc1. The number of ether oxygens (including phenoxy) is 1. The van der Waals surface area contributed by atoms with E-state index in [1.54, 1.807) is 24.4 Å². The van der Waals surface area contributed by atoms with Crippen molar-refractivity contribution in [1.29, 1.82) is 0 Å². The summed E-state index contributed by atoms with van der Waals surface area (Å²) in [6.45, 7) is 7.02. The molecular weight excluding hydrogens is 431 g/mol. The molecule has 1 heterocycles. The highest BCUT2D eigenvalue weighted by molar-refractivity contribution is 5.81. The van der Waals surface area contributed by atoms with Crippen molar-refractivity contribution in [3.05, 3.63) is 83.2 Å². The number of rotatable bonds is 13. The zero-order chi connectivity index (χ0) is 24.5. The van der Waals surface area contributed by atoms with Gasteiger partial charge in [-0.25, -0.2) is 9.37 Å². The van der Waals surface area contributed by atoms with Gasteiger partial charge in [0.2, 0.25) is 0 Å². The van der Waals surface area contributed by atoms with Gasteiger partial charge in [0.05, 0.1) is 0 Å². The van der Waals surface area contributed by atoms with Crippen molar-refractivity contribution in [3.8, 4) is 5.75 Å². The van der Waals surface area contributed by atoms with E-state index in [1.165, 1.54) is 11.6 Å². The topological polar surface area (TPSA) is 61.2 Å². The van der Waals surface area contributed by atoms with E-state index in [1.807, 2.05) is 31.2 Å². The Labute approximate surface area is 201 Å². The second-order valence-electron chi connectivity index (χ2n) is 8.77. The Balaban J connectivity index is 1.47. The Morgan fingerprint density at radius 3 is 2.38 bits per heavy atom. The van der Waals surface area contributed by atoms with Gasteiger partial charge in [-0.05, 0) is 48.6 Å². The highest BCUT2D eigenvalue weighted by Gasteiger charge is 2.14. The highest BCUT2D eigenvalue weighted by Crippen LogP contribution is 2.19. The first-order valence-corrected chi connectivity index (χ1v) is 11.9. The summed E-state index contributed by atoms with van der Waals surface area (Å²) in [5.74, 6) is 1.62. The van der Waals surface area contributed by atoms with Crippen LogP contribution in [0.15, 0.2) is 54.7 Å². The molecule has 0 N–H and O–H groups in total. The second kappa shape index (κ2) is 12.3. The Morgan fingerprint density at radius 2 is 1.71 bits per heavy atom. The van der Waals surface area contributed by atoms with Gasteiger partial charge in [0, 0.05) is 44.1 Å². The molecule has 0 atom stereocenters. The first kappa shape index (κ1) is 25.3. The van der Waals surface area contributed by atoms with Crippen LogP contribution in [0.4, 0.5) is 4.39 Å². The van der Waals surface area contributed by atoms with Gasteiger partial charge in [0.1, 0.15) is 29.8 Å². The van der Waals surface area contributed by atoms with Crippen LogP contribution < -0.4 is 4.74 Å². The lowest BCUT2D eigenvalue weighted by atomic mass is 10.0. The van der Waals surface area contributed by atoms with Crippen molar-refractivity contribution in [2.45, 2.75) is 65.3 Å². The minimum Gasteiger partial charge on any atom is -0.486 e. The molecule has 0 fully saturated rings. The van der Waals surface area contributed by atoms with Crippen LogP contribution in [0.5, 0.6) is 5.75 Å².